The van der Waals surface area contributed by atoms with Gasteiger partial charge in [0.05, 0.1) is 0 Å². The molecule has 1 aliphatic carbocycles. The zero-order valence-electron chi connectivity index (χ0n) is 7.13. The van der Waals surface area contributed by atoms with Gasteiger partial charge in [0.15, 0.2) is 0 Å². The van der Waals surface area contributed by atoms with Crippen LogP contribution >= 0.6 is 0 Å². The van der Waals surface area contributed by atoms with Gasteiger partial charge in [0.1, 0.15) is 11.8 Å². The normalized spacial score (nSPS) is 32.9. The Morgan fingerprint density at radius 1 is 0.786 bits per heavy atom. The van der Waals surface area contributed by atoms with E-state index < -0.39 is 0 Å². The maximum atomic E-state index is 11.3. The lowest BCUT2D eigenvalue weighted by Gasteiger charge is -2.13. The first-order chi connectivity index (χ1) is 6.75. The van der Waals surface area contributed by atoms with Crippen LogP contribution < -0.4 is 21.7 Å². The maximum absolute atomic E-state index is 11.3. The van der Waals surface area contributed by atoms with Gasteiger partial charge in [0.25, 0.3) is 11.8 Å². The molecule has 2 aliphatic heterocycles. The highest BCUT2D eigenvalue weighted by atomic mass is 16.2. The zero-order chi connectivity index (χ0) is 9.71. The number of nitrogens with one attached hydrogen (secondary N) is 4. The molecule has 3 rings (SSSR count). The van der Waals surface area contributed by atoms with E-state index in [-0.39, 0.29) is 23.7 Å². The van der Waals surface area contributed by atoms with E-state index in [1.54, 1.807) is 12.2 Å². The largest absolute Gasteiger partial charge is 0.302 e. The van der Waals surface area contributed by atoms with Crippen LogP contribution in [0.2, 0.25) is 0 Å². The molecule has 0 saturated carbocycles. The fourth-order valence-electron chi connectivity index (χ4n) is 1.84. The van der Waals surface area contributed by atoms with Crippen molar-refractivity contribution in [2.45, 2.75) is 0 Å². The molecule has 2 heterocycles. The van der Waals surface area contributed by atoms with Crippen molar-refractivity contribution in [2.24, 2.45) is 11.8 Å². The number of carbonyl (C=O) groups is 2. The summed E-state index contributed by atoms with van der Waals surface area (Å²) in [4.78, 5) is 22.6. The number of hydrazine groups is 2. The number of carbonyl (C=O) groups excluding carboxylic acids is 2. The van der Waals surface area contributed by atoms with Crippen LogP contribution in [-0.4, -0.2) is 11.8 Å². The summed E-state index contributed by atoms with van der Waals surface area (Å²) in [6, 6.07) is 0. The number of fused-ring (bicyclic) bond motifs is 2. The summed E-state index contributed by atoms with van der Waals surface area (Å²) in [5.74, 6) is -0.769. The van der Waals surface area contributed by atoms with Crippen molar-refractivity contribution in [2.75, 3.05) is 0 Å². The molecular formula is C8H8N4O2. The zero-order valence-corrected chi connectivity index (χ0v) is 7.13. The van der Waals surface area contributed by atoms with Gasteiger partial charge in [-0.15, -0.1) is 0 Å². The molecule has 6 heteroatoms. The summed E-state index contributed by atoms with van der Waals surface area (Å²) in [7, 11) is 0. The van der Waals surface area contributed by atoms with Gasteiger partial charge < -0.3 is 10.9 Å². The van der Waals surface area contributed by atoms with Crippen LogP contribution in [0.25, 0.3) is 0 Å². The Bertz CT molecular complexity index is 360. The average molecular weight is 192 g/mol. The van der Waals surface area contributed by atoms with E-state index in [1.165, 1.54) is 0 Å². The van der Waals surface area contributed by atoms with Gasteiger partial charge in [-0.2, -0.15) is 0 Å². The minimum absolute atomic E-state index is 0.0941. The molecular weight excluding hydrogens is 184 g/mol. The van der Waals surface area contributed by atoms with E-state index >= 15 is 0 Å². The number of hydrogen-bond donors (Lipinski definition) is 4. The van der Waals surface area contributed by atoms with Crippen molar-refractivity contribution >= 4 is 11.8 Å². The van der Waals surface area contributed by atoms with Crippen molar-refractivity contribution in [3.8, 4) is 0 Å². The van der Waals surface area contributed by atoms with E-state index in [4.69, 9.17) is 0 Å². The third-order valence-electron chi connectivity index (χ3n) is 2.59. The monoisotopic (exact) mass is 192 g/mol. The molecule has 14 heavy (non-hydrogen) atoms. The highest BCUT2D eigenvalue weighted by molar-refractivity contribution is 5.91. The summed E-state index contributed by atoms with van der Waals surface area (Å²) in [5, 5.41) is 0. The molecule has 0 bridgehead atoms. The molecule has 2 amide bonds. The summed E-state index contributed by atoms with van der Waals surface area (Å²) >= 11 is 0. The molecule has 0 radical (unpaired) electrons. The predicted molar refractivity (Wildman–Crippen MR) is 45.7 cm³/mol. The molecule has 72 valence electrons. The lowest BCUT2D eigenvalue weighted by atomic mass is 9.91. The Balaban J connectivity index is 2.03. The molecule has 0 aromatic heterocycles. The van der Waals surface area contributed by atoms with Gasteiger partial charge in [-0.05, 0) is 12.2 Å². The van der Waals surface area contributed by atoms with Crippen LogP contribution in [0.15, 0.2) is 23.5 Å². The van der Waals surface area contributed by atoms with Crippen LogP contribution in [0.3, 0.4) is 0 Å². The molecule has 0 aromatic carbocycles. The minimum Gasteiger partial charge on any atom is -0.302 e. The highest BCUT2D eigenvalue weighted by Gasteiger charge is 2.38. The first-order valence-electron chi connectivity index (χ1n) is 4.31. The van der Waals surface area contributed by atoms with E-state index in [2.05, 4.69) is 21.7 Å². The lowest BCUT2D eigenvalue weighted by Crippen LogP contribution is -2.27. The summed E-state index contributed by atoms with van der Waals surface area (Å²) in [5.41, 5.74) is 12.0. The van der Waals surface area contributed by atoms with Crippen molar-refractivity contribution in [1.82, 2.24) is 21.7 Å². The molecule has 2 unspecified atom stereocenters. The Morgan fingerprint density at radius 2 is 1.21 bits per heavy atom. The standard InChI is InChI=1S/C8H8N4O2/c13-7-3-1-5-4(8(14)12-9-5)2-6(3)10-11-7/h1-4,9-10H,(H,11,13)(H,12,14). The molecule has 2 fully saturated rings. The van der Waals surface area contributed by atoms with Gasteiger partial charge in [-0.1, -0.05) is 0 Å². The van der Waals surface area contributed by atoms with Crippen LogP contribution in [0.4, 0.5) is 0 Å². The predicted octanol–water partition coefficient (Wildman–Crippen LogP) is -1.73. The van der Waals surface area contributed by atoms with Crippen LogP contribution in [0.5, 0.6) is 0 Å². The van der Waals surface area contributed by atoms with Gasteiger partial charge >= 0.3 is 0 Å². The summed E-state index contributed by atoms with van der Waals surface area (Å²) in [6.07, 6.45) is 3.51. The number of hydrogen-bond acceptors (Lipinski definition) is 4. The molecule has 2 saturated heterocycles. The lowest BCUT2D eigenvalue weighted by molar-refractivity contribution is -0.122. The molecule has 3 aliphatic rings. The Morgan fingerprint density at radius 3 is 1.64 bits per heavy atom. The maximum Gasteiger partial charge on any atom is 0.251 e. The van der Waals surface area contributed by atoms with E-state index in [1.807, 2.05) is 0 Å². The summed E-state index contributed by atoms with van der Waals surface area (Å²) < 4.78 is 0. The first-order valence-corrected chi connectivity index (χ1v) is 4.31. The molecule has 6 nitrogen and oxygen atoms in total. The Labute approximate surface area is 79.4 Å². The summed E-state index contributed by atoms with van der Waals surface area (Å²) in [6.45, 7) is 0. The van der Waals surface area contributed by atoms with E-state index in [9.17, 15) is 9.59 Å². The van der Waals surface area contributed by atoms with Crippen molar-refractivity contribution in [3.63, 3.8) is 0 Å². The van der Waals surface area contributed by atoms with Crippen LogP contribution in [0.1, 0.15) is 0 Å². The third kappa shape index (κ3) is 0.795. The molecule has 2 atom stereocenters. The van der Waals surface area contributed by atoms with Gasteiger partial charge in [0, 0.05) is 11.4 Å². The quantitative estimate of drug-likeness (QED) is 0.367. The number of amides is 2. The number of rotatable bonds is 0. The smallest absolute Gasteiger partial charge is 0.251 e. The Kier molecular flexibility index (Phi) is 1.21. The van der Waals surface area contributed by atoms with Crippen LogP contribution in [-0.2, 0) is 9.59 Å². The van der Waals surface area contributed by atoms with E-state index in [0.717, 1.165) is 11.4 Å². The van der Waals surface area contributed by atoms with Gasteiger partial charge in [-0.25, -0.2) is 0 Å². The molecule has 0 spiro atoms. The Hall–Kier alpha value is -1.98. The second kappa shape index (κ2) is 2.28. The van der Waals surface area contributed by atoms with Crippen molar-refractivity contribution in [3.05, 3.63) is 23.5 Å². The average Bonchev–Trinajstić information content (AvgIpc) is 2.71. The van der Waals surface area contributed by atoms with Gasteiger partial charge in [0.2, 0.25) is 0 Å². The van der Waals surface area contributed by atoms with Gasteiger partial charge in [-0.3, -0.25) is 20.4 Å². The SMILES string of the molecule is O=C1NNC2=CC3C(=O)NNC3=CC12. The minimum atomic E-state index is -0.290. The third-order valence-corrected chi connectivity index (χ3v) is 2.59. The van der Waals surface area contributed by atoms with E-state index in [0.29, 0.717) is 0 Å². The fourth-order valence-corrected chi connectivity index (χ4v) is 1.84. The second-order valence-corrected chi connectivity index (χ2v) is 3.43. The van der Waals surface area contributed by atoms with Crippen LogP contribution in [0, 0.1) is 11.8 Å². The molecule has 0 aromatic rings. The first kappa shape index (κ1) is 7.43. The topological polar surface area (TPSA) is 82.3 Å². The fraction of sp³-hybridized carbons (Fsp3) is 0.250. The van der Waals surface area contributed by atoms with Crippen molar-refractivity contribution in [1.29, 1.82) is 0 Å². The highest BCUT2D eigenvalue weighted by Crippen LogP contribution is 2.29. The second-order valence-electron chi connectivity index (χ2n) is 3.43. The van der Waals surface area contributed by atoms with Crippen molar-refractivity contribution < 1.29 is 9.59 Å². The molecule has 4 N–H and O–H groups in total.